The molecule has 4 nitrogen and oxygen atoms in total. The summed E-state index contributed by atoms with van der Waals surface area (Å²) in [6.07, 6.45) is 0.876. The molecule has 0 saturated carbocycles. The van der Waals surface area contributed by atoms with E-state index in [-0.39, 0.29) is 16.5 Å². The second-order valence-corrected chi connectivity index (χ2v) is 5.78. The second-order valence-electron chi connectivity index (χ2n) is 4.05. The van der Waals surface area contributed by atoms with Gasteiger partial charge in [-0.25, -0.2) is 17.5 Å². The molecule has 1 aromatic rings. The van der Waals surface area contributed by atoms with Gasteiger partial charge >= 0.3 is 0 Å². The fourth-order valence-corrected chi connectivity index (χ4v) is 2.51. The average molecular weight is 260 g/mol. The Morgan fingerprint density at radius 3 is 2.65 bits per heavy atom. The van der Waals surface area contributed by atoms with Crippen LogP contribution >= 0.6 is 0 Å². The summed E-state index contributed by atoms with van der Waals surface area (Å²) in [5.41, 5.74) is 5.41. The van der Waals surface area contributed by atoms with Crippen LogP contribution < -0.4 is 10.5 Å². The van der Waals surface area contributed by atoms with Crippen LogP contribution in [0.1, 0.15) is 20.3 Å². The molecule has 6 heteroatoms. The maximum atomic E-state index is 12.8. The Kier molecular flexibility index (Phi) is 4.47. The van der Waals surface area contributed by atoms with Crippen molar-refractivity contribution in [2.45, 2.75) is 25.2 Å². The zero-order valence-corrected chi connectivity index (χ0v) is 10.7. The summed E-state index contributed by atoms with van der Waals surface area (Å²) in [5.74, 6) is -0.310. The van der Waals surface area contributed by atoms with Crippen LogP contribution in [0.15, 0.2) is 23.1 Å². The van der Waals surface area contributed by atoms with Crippen LogP contribution in [0, 0.1) is 11.7 Å². The topological polar surface area (TPSA) is 72.2 Å². The fourth-order valence-electron chi connectivity index (χ4n) is 1.24. The Morgan fingerprint density at radius 2 is 2.12 bits per heavy atom. The molecule has 0 amide bonds. The highest BCUT2D eigenvalue weighted by Gasteiger charge is 2.18. The van der Waals surface area contributed by atoms with Gasteiger partial charge < -0.3 is 5.73 Å². The van der Waals surface area contributed by atoms with Crippen molar-refractivity contribution in [2.75, 3.05) is 12.3 Å². The van der Waals surface area contributed by atoms with Crippen molar-refractivity contribution in [3.8, 4) is 0 Å². The lowest BCUT2D eigenvalue weighted by Gasteiger charge is -2.12. The van der Waals surface area contributed by atoms with Crippen molar-refractivity contribution < 1.29 is 12.8 Å². The van der Waals surface area contributed by atoms with E-state index in [1.807, 2.05) is 13.8 Å². The van der Waals surface area contributed by atoms with Crippen molar-refractivity contribution in [3.63, 3.8) is 0 Å². The number of hydrogen-bond acceptors (Lipinski definition) is 3. The lowest BCUT2D eigenvalue weighted by molar-refractivity contribution is 0.528. The summed E-state index contributed by atoms with van der Waals surface area (Å²) >= 11 is 0. The van der Waals surface area contributed by atoms with Crippen LogP contribution in [0.25, 0.3) is 0 Å². The van der Waals surface area contributed by atoms with Crippen molar-refractivity contribution in [2.24, 2.45) is 5.92 Å². The third-order valence-electron chi connectivity index (χ3n) is 2.58. The molecule has 0 aliphatic rings. The molecule has 96 valence electrons. The number of rotatable bonds is 5. The lowest BCUT2D eigenvalue weighted by Crippen LogP contribution is -2.28. The van der Waals surface area contributed by atoms with Gasteiger partial charge in [-0.3, -0.25) is 0 Å². The zero-order valence-electron chi connectivity index (χ0n) is 9.90. The Bertz CT molecular complexity index is 488. The smallest absolute Gasteiger partial charge is 0.242 e. The van der Waals surface area contributed by atoms with Crippen molar-refractivity contribution in [1.29, 1.82) is 0 Å². The molecule has 0 aliphatic carbocycles. The van der Waals surface area contributed by atoms with Gasteiger partial charge in [0.1, 0.15) is 10.7 Å². The van der Waals surface area contributed by atoms with E-state index in [4.69, 9.17) is 5.73 Å². The van der Waals surface area contributed by atoms with Gasteiger partial charge in [-0.2, -0.15) is 0 Å². The largest absolute Gasteiger partial charge is 0.398 e. The monoisotopic (exact) mass is 260 g/mol. The minimum atomic E-state index is -3.65. The molecule has 0 saturated heterocycles. The molecule has 17 heavy (non-hydrogen) atoms. The van der Waals surface area contributed by atoms with E-state index in [9.17, 15) is 12.8 Å². The van der Waals surface area contributed by atoms with Gasteiger partial charge in [0, 0.05) is 6.54 Å². The minimum absolute atomic E-state index is 0.0813. The summed E-state index contributed by atoms with van der Waals surface area (Å²) in [5, 5.41) is 0. The van der Waals surface area contributed by atoms with E-state index >= 15 is 0 Å². The molecule has 0 radical (unpaired) electrons. The molecule has 0 bridgehead atoms. The minimum Gasteiger partial charge on any atom is -0.398 e. The summed E-state index contributed by atoms with van der Waals surface area (Å²) in [4.78, 5) is -0.0813. The molecule has 1 rings (SSSR count). The third kappa shape index (κ3) is 3.67. The van der Waals surface area contributed by atoms with E-state index in [0.29, 0.717) is 6.54 Å². The van der Waals surface area contributed by atoms with Gasteiger partial charge in [-0.1, -0.05) is 20.3 Å². The second kappa shape index (κ2) is 5.46. The number of nitrogen functional groups attached to an aromatic ring is 1. The van der Waals surface area contributed by atoms with Crippen molar-refractivity contribution >= 4 is 15.7 Å². The van der Waals surface area contributed by atoms with Gasteiger partial charge in [0.2, 0.25) is 10.0 Å². The predicted molar refractivity (Wildman–Crippen MR) is 65.5 cm³/mol. The van der Waals surface area contributed by atoms with Gasteiger partial charge in [-0.15, -0.1) is 0 Å². The molecular formula is C11H17FN2O2S. The maximum Gasteiger partial charge on any atom is 0.242 e. The molecule has 0 spiro atoms. The Balaban J connectivity index is 2.90. The molecule has 0 aliphatic heterocycles. The number of anilines is 1. The summed E-state index contributed by atoms with van der Waals surface area (Å²) in [6.45, 7) is 4.26. The Morgan fingerprint density at radius 1 is 1.47 bits per heavy atom. The highest BCUT2D eigenvalue weighted by atomic mass is 32.2. The van der Waals surface area contributed by atoms with E-state index < -0.39 is 15.8 Å². The first-order chi connectivity index (χ1) is 7.86. The first kappa shape index (κ1) is 13.9. The van der Waals surface area contributed by atoms with Gasteiger partial charge in [0.05, 0.1) is 5.69 Å². The Labute approximate surface area is 101 Å². The number of nitrogens with two attached hydrogens (primary N) is 1. The van der Waals surface area contributed by atoms with Crippen LogP contribution in [-0.2, 0) is 10.0 Å². The van der Waals surface area contributed by atoms with Crippen LogP contribution in [-0.4, -0.2) is 15.0 Å². The SMILES string of the molecule is CCC(C)CNS(=O)(=O)c1ccc(F)cc1N. The van der Waals surface area contributed by atoms with E-state index in [1.54, 1.807) is 0 Å². The van der Waals surface area contributed by atoms with Gasteiger partial charge in [0.25, 0.3) is 0 Å². The van der Waals surface area contributed by atoms with Gasteiger partial charge in [0.15, 0.2) is 0 Å². The molecular weight excluding hydrogens is 243 g/mol. The van der Waals surface area contributed by atoms with Crippen LogP contribution in [0.3, 0.4) is 0 Å². The summed E-state index contributed by atoms with van der Waals surface area (Å²) < 4.78 is 39.0. The van der Waals surface area contributed by atoms with E-state index in [0.717, 1.165) is 18.6 Å². The quantitative estimate of drug-likeness (QED) is 0.792. The molecule has 1 unspecified atom stereocenters. The molecule has 1 atom stereocenters. The van der Waals surface area contributed by atoms with E-state index in [1.165, 1.54) is 6.07 Å². The standard InChI is InChI=1S/C11H17FN2O2S/c1-3-8(2)7-14-17(15,16)11-5-4-9(12)6-10(11)13/h4-6,8,14H,3,7,13H2,1-2H3. The highest BCUT2D eigenvalue weighted by Crippen LogP contribution is 2.19. The predicted octanol–water partition coefficient (Wildman–Crippen LogP) is 1.73. The number of halogens is 1. The van der Waals surface area contributed by atoms with Crippen molar-refractivity contribution in [1.82, 2.24) is 4.72 Å². The third-order valence-corrected chi connectivity index (χ3v) is 4.08. The summed E-state index contributed by atoms with van der Waals surface area (Å²) in [7, 11) is -3.65. The number of benzene rings is 1. The normalized spacial score (nSPS) is 13.6. The first-order valence-electron chi connectivity index (χ1n) is 5.41. The fraction of sp³-hybridized carbons (Fsp3) is 0.455. The number of hydrogen-bond donors (Lipinski definition) is 2. The average Bonchev–Trinajstić information content (AvgIpc) is 2.25. The van der Waals surface area contributed by atoms with Crippen molar-refractivity contribution in [3.05, 3.63) is 24.0 Å². The molecule has 0 aromatic heterocycles. The number of nitrogens with one attached hydrogen (secondary N) is 1. The van der Waals surface area contributed by atoms with Crippen LogP contribution in [0.2, 0.25) is 0 Å². The van der Waals surface area contributed by atoms with Crippen LogP contribution in [0.5, 0.6) is 0 Å². The zero-order chi connectivity index (χ0) is 13.1. The first-order valence-corrected chi connectivity index (χ1v) is 6.89. The van der Waals surface area contributed by atoms with Gasteiger partial charge in [-0.05, 0) is 24.1 Å². The number of sulfonamides is 1. The highest BCUT2D eigenvalue weighted by molar-refractivity contribution is 7.89. The Hall–Kier alpha value is -1.14. The maximum absolute atomic E-state index is 12.8. The summed E-state index contributed by atoms with van der Waals surface area (Å²) in [6, 6.07) is 3.25. The molecule has 3 N–H and O–H groups in total. The van der Waals surface area contributed by atoms with Crippen LogP contribution in [0.4, 0.5) is 10.1 Å². The lowest BCUT2D eigenvalue weighted by atomic mass is 10.1. The molecule has 0 heterocycles. The molecule has 1 aromatic carbocycles. The van der Waals surface area contributed by atoms with E-state index in [2.05, 4.69) is 4.72 Å². The molecule has 0 fully saturated rings.